The van der Waals surface area contributed by atoms with Gasteiger partial charge in [-0.05, 0) is 17.7 Å². The Morgan fingerprint density at radius 3 is 2.50 bits per heavy atom. The number of benzene rings is 1. The number of carbonyl (C=O) groups excluding carboxylic acids is 1. The Labute approximate surface area is 108 Å². The number of nitrogens with one attached hydrogen (secondary N) is 1. The molecule has 0 aliphatic carbocycles. The van der Waals surface area contributed by atoms with Crippen molar-refractivity contribution in [2.45, 2.75) is 6.04 Å². The summed E-state index contributed by atoms with van der Waals surface area (Å²) in [5.41, 5.74) is 8.87. The summed E-state index contributed by atoms with van der Waals surface area (Å²) < 4.78 is 0. The quantitative estimate of drug-likeness (QED) is 0.326. The molecule has 0 aliphatic rings. The second-order valence-corrected chi connectivity index (χ2v) is 3.65. The summed E-state index contributed by atoms with van der Waals surface area (Å²) in [6.07, 6.45) is 0. The van der Waals surface area contributed by atoms with Crippen LogP contribution in [0.3, 0.4) is 0 Å². The summed E-state index contributed by atoms with van der Waals surface area (Å²) in [6.45, 7) is 0. The fourth-order valence-corrected chi connectivity index (χ4v) is 1.41. The van der Waals surface area contributed by atoms with Gasteiger partial charge >= 0.3 is 5.97 Å². The molecule has 0 heterocycles. The number of thiol groups is 1. The Hall–Kier alpha value is -2.18. The molecule has 1 aromatic rings. The average molecular weight is 266 g/mol. The molecule has 0 aliphatic heterocycles. The van der Waals surface area contributed by atoms with Crippen molar-refractivity contribution in [3.05, 3.63) is 40.3 Å². The highest BCUT2D eigenvalue weighted by Crippen LogP contribution is 2.13. The Bertz CT molecular complexity index is 496. The molecule has 0 unspecified atom stereocenters. The van der Waals surface area contributed by atoms with Crippen LogP contribution in [0.4, 0.5) is 5.69 Å². The molecule has 0 spiro atoms. The second kappa shape index (κ2) is 6.53. The fourth-order valence-electron chi connectivity index (χ4n) is 1.16. The van der Waals surface area contributed by atoms with E-state index < -0.39 is 17.9 Å². The van der Waals surface area contributed by atoms with Crippen LogP contribution in [0.5, 0.6) is 0 Å². The van der Waals surface area contributed by atoms with E-state index >= 15 is 0 Å². The zero-order chi connectivity index (χ0) is 13.5. The molecule has 0 bridgehead atoms. The number of rotatable bonds is 5. The largest absolute Gasteiger partial charge is 0.480 e. The van der Waals surface area contributed by atoms with Crippen molar-refractivity contribution in [1.29, 1.82) is 0 Å². The minimum Gasteiger partial charge on any atom is -0.480 e. The van der Waals surface area contributed by atoms with Gasteiger partial charge in [0.15, 0.2) is 0 Å². The maximum absolute atomic E-state index is 11.7. The number of aliphatic carboxylic acids is 1. The molecule has 0 fully saturated rings. The zero-order valence-corrected chi connectivity index (χ0v) is 10.0. The minimum absolute atomic E-state index is 0.00210. The lowest BCUT2D eigenvalue weighted by Gasteiger charge is -2.11. The van der Waals surface area contributed by atoms with Gasteiger partial charge in [-0.3, -0.25) is 4.79 Å². The summed E-state index contributed by atoms with van der Waals surface area (Å²) in [6, 6.07) is 4.77. The monoisotopic (exact) mass is 266 g/mol. The lowest BCUT2D eigenvalue weighted by atomic mass is 10.2. The van der Waals surface area contributed by atoms with Crippen LogP contribution in [0.1, 0.15) is 10.4 Å². The van der Waals surface area contributed by atoms with Crippen LogP contribution in [-0.4, -0.2) is 28.8 Å². The van der Waals surface area contributed by atoms with Gasteiger partial charge in [-0.1, -0.05) is 17.2 Å². The number of azide groups is 1. The molecule has 1 rings (SSSR count). The summed E-state index contributed by atoms with van der Waals surface area (Å²) in [7, 11) is 0. The van der Waals surface area contributed by atoms with E-state index in [1.165, 1.54) is 24.3 Å². The third-order valence-electron chi connectivity index (χ3n) is 2.08. The number of nitrogens with zero attached hydrogens (tertiary/aromatic N) is 3. The van der Waals surface area contributed by atoms with E-state index in [2.05, 4.69) is 28.0 Å². The molecule has 1 atom stereocenters. The SMILES string of the molecule is [N-]=[N+]=Nc1ccc(C(=O)N[C@@H](CS)C(=O)O)cc1. The average Bonchev–Trinajstić information content (AvgIpc) is 2.36. The van der Waals surface area contributed by atoms with Gasteiger partial charge in [0.25, 0.3) is 5.91 Å². The predicted octanol–water partition coefficient (Wildman–Crippen LogP) is 1.74. The lowest BCUT2D eigenvalue weighted by molar-refractivity contribution is -0.138. The molecule has 0 saturated heterocycles. The van der Waals surface area contributed by atoms with Gasteiger partial charge in [-0.25, -0.2) is 4.79 Å². The Morgan fingerprint density at radius 1 is 1.44 bits per heavy atom. The van der Waals surface area contributed by atoms with E-state index in [-0.39, 0.29) is 11.3 Å². The van der Waals surface area contributed by atoms with Crippen molar-refractivity contribution in [2.75, 3.05) is 5.75 Å². The van der Waals surface area contributed by atoms with Gasteiger partial charge in [0.05, 0.1) is 0 Å². The summed E-state index contributed by atoms with van der Waals surface area (Å²) in [5, 5.41) is 14.4. The van der Waals surface area contributed by atoms with Crippen molar-refractivity contribution < 1.29 is 14.7 Å². The Morgan fingerprint density at radius 2 is 2.06 bits per heavy atom. The van der Waals surface area contributed by atoms with Crippen molar-refractivity contribution >= 4 is 30.2 Å². The summed E-state index contributed by atoms with van der Waals surface area (Å²) in [4.78, 5) is 25.0. The van der Waals surface area contributed by atoms with Crippen LogP contribution in [0.2, 0.25) is 0 Å². The minimum atomic E-state index is -1.15. The first-order chi connectivity index (χ1) is 8.58. The molecule has 1 amide bonds. The maximum atomic E-state index is 11.7. The predicted molar refractivity (Wildman–Crippen MR) is 68.0 cm³/mol. The second-order valence-electron chi connectivity index (χ2n) is 3.28. The van der Waals surface area contributed by atoms with Crippen LogP contribution in [-0.2, 0) is 4.79 Å². The van der Waals surface area contributed by atoms with Crippen LogP contribution in [0.25, 0.3) is 10.4 Å². The van der Waals surface area contributed by atoms with Gasteiger partial charge in [-0.2, -0.15) is 12.6 Å². The van der Waals surface area contributed by atoms with Crippen molar-refractivity contribution in [2.24, 2.45) is 5.11 Å². The Kier molecular flexibility index (Phi) is 5.04. The molecule has 0 aromatic heterocycles. The van der Waals surface area contributed by atoms with Crippen molar-refractivity contribution in [1.82, 2.24) is 5.32 Å². The number of carboxylic acids is 1. The first kappa shape index (κ1) is 13.9. The lowest BCUT2D eigenvalue weighted by Crippen LogP contribution is -2.42. The normalized spacial score (nSPS) is 11.2. The highest BCUT2D eigenvalue weighted by atomic mass is 32.1. The van der Waals surface area contributed by atoms with Crippen LogP contribution in [0.15, 0.2) is 29.4 Å². The molecular weight excluding hydrogens is 256 g/mol. The molecule has 1 aromatic carbocycles. The third-order valence-corrected chi connectivity index (χ3v) is 2.44. The van der Waals surface area contributed by atoms with E-state index in [9.17, 15) is 9.59 Å². The zero-order valence-electron chi connectivity index (χ0n) is 9.15. The summed E-state index contributed by atoms with van der Waals surface area (Å²) >= 11 is 3.84. The van der Waals surface area contributed by atoms with E-state index in [1.807, 2.05) is 0 Å². The number of carbonyl (C=O) groups is 2. The molecule has 94 valence electrons. The van der Waals surface area contributed by atoms with Crippen molar-refractivity contribution in [3.8, 4) is 0 Å². The number of hydrogen-bond acceptors (Lipinski definition) is 4. The van der Waals surface area contributed by atoms with E-state index in [0.29, 0.717) is 5.69 Å². The molecule has 0 radical (unpaired) electrons. The molecule has 18 heavy (non-hydrogen) atoms. The van der Waals surface area contributed by atoms with E-state index in [4.69, 9.17) is 10.6 Å². The molecule has 0 saturated carbocycles. The van der Waals surface area contributed by atoms with Crippen LogP contribution in [0, 0.1) is 0 Å². The molecule has 8 heteroatoms. The Balaban J connectivity index is 2.78. The number of carboxylic acid groups (broad SMARTS) is 1. The van der Waals surface area contributed by atoms with Gasteiger partial charge in [0.1, 0.15) is 6.04 Å². The molecule has 2 N–H and O–H groups in total. The standard InChI is InChI=1S/C10H10N4O3S/c11-14-13-7-3-1-6(2-4-7)9(15)12-8(5-18)10(16)17/h1-4,8,18H,5H2,(H,12,15)(H,16,17)/t8-/m0/s1. The molecule has 7 nitrogen and oxygen atoms in total. The van der Waals surface area contributed by atoms with Gasteiger partial charge in [-0.15, -0.1) is 0 Å². The summed E-state index contributed by atoms with van der Waals surface area (Å²) in [5.74, 6) is -1.68. The van der Waals surface area contributed by atoms with E-state index in [0.717, 1.165) is 0 Å². The molecular formula is C10H10N4O3S. The van der Waals surface area contributed by atoms with E-state index in [1.54, 1.807) is 0 Å². The van der Waals surface area contributed by atoms with Gasteiger partial charge in [0.2, 0.25) is 0 Å². The third kappa shape index (κ3) is 3.69. The highest BCUT2D eigenvalue weighted by Gasteiger charge is 2.18. The number of hydrogen-bond donors (Lipinski definition) is 3. The number of amides is 1. The smallest absolute Gasteiger partial charge is 0.327 e. The highest BCUT2D eigenvalue weighted by molar-refractivity contribution is 7.80. The van der Waals surface area contributed by atoms with Crippen LogP contribution >= 0.6 is 12.6 Å². The maximum Gasteiger partial charge on any atom is 0.327 e. The first-order valence-corrected chi connectivity index (χ1v) is 5.51. The first-order valence-electron chi connectivity index (χ1n) is 4.88. The van der Waals surface area contributed by atoms with Gasteiger partial charge in [0, 0.05) is 21.9 Å². The topological polar surface area (TPSA) is 115 Å². The fraction of sp³-hybridized carbons (Fsp3) is 0.200. The van der Waals surface area contributed by atoms with Crippen LogP contribution < -0.4 is 5.32 Å². The van der Waals surface area contributed by atoms with Gasteiger partial charge < -0.3 is 10.4 Å². The van der Waals surface area contributed by atoms with Crippen molar-refractivity contribution in [3.63, 3.8) is 0 Å².